The van der Waals surface area contributed by atoms with Gasteiger partial charge in [-0.15, -0.1) is 0 Å². The van der Waals surface area contributed by atoms with Crippen LogP contribution in [-0.2, 0) is 16.1 Å². The van der Waals surface area contributed by atoms with E-state index in [0.29, 0.717) is 24.3 Å². The first-order chi connectivity index (χ1) is 15.9. The van der Waals surface area contributed by atoms with E-state index < -0.39 is 5.92 Å². The number of carbonyl (C=O) groups is 3. The summed E-state index contributed by atoms with van der Waals surface area (Å²) < 4.78 is 0. The molecular weight excluding hydrogens is 414 g/mol. The Morgan fingerprint density at radius 2 is 1.67 bits per heavy atom. The molecule has 0 unspecified atom stereocenters. The fraction of sp³-hybridized carbons (Fsp3) is 0.222. The number of hydrogen-bond donors (Lipinski definition) is 2. The first-order valence-corrected chi connectivity index (χ1v) is 11.0. The molecule has 6 heteroatoms. The summed E-state index contributed by atoms with van der Waals surface area (Å²) in [5.41, 5.74) is 4.81. The van der Waals surface area contributed by atoms with Crippen molar-refractivity contribution < 1.29 is 14.4 Å². The Labute approximate surface area is 193 Å². The Hall–Kier alpha value is -3.93. The monoisotopic (exact) mass is 441 g/mol. The molecule has 3 aromatic carbocycles. The molecule has 1 atom stereocenters. The van der Waals surface area contributed by atoms with Crippen molar-refractivity contribution in [1.82, 2.24) is 5.32 Å². The Kier molecular flexibility index (Phi) is 6.54. The third-order valence-electron chi connectivity index (χ3n) is 5.77. The molecule has 1 aliphatic heterocycles. The van der Waals surface area contributed by atoms with E-state index in [1.165, 1.54) is 0 Å². The molecule has 0 bridgehead atoms. The van der Waals surface area contributed by atoms with Crippen LogP contribution in [0, 0.1) is 19.8 Å². The number of carbonyl (C=O) groups excluding carboxylic acids is 3. The zero-order chi connectivity index (χ0) is 23.4. The molecule has 0 radical (unpaired) electrons. The highest BCUT2D eigenvalue weighted by Gasteiger charge is 2.35. The van der Waals surface area contributed by atoms with Crippen LogP contribution in [0.5, 0.6) is 0 Å². The van der Waals surface area contributed by atoms with Gasteiger partial charge in [0, 0.05) is 25.2 Å². The van der Waals surface area contributed by atoms with Gasteiger partial charge >= 0.3 is 0 Å². The molecule has 3 amide bonds. The second-order valence-corrected chi connectivity index (χ2v) is 8.45. The van der Waals surface area contributed by atoms with Crippen molar-refractivity contribution in [2.75, 3.05) is 16.8 Å². The zero-order valence-corrected chi connectivity index (χ0v) is 18.8. The Bertz CT molecular complexity index is 1200. The predicted octanol–water partition coefficient (Wildman–Crippen LogP) is 4.23. The minimum atomic E-state index is -0.485. The number of rotatable bonds is 6. The smallest absolute Gasteiger partial charge is 0.253 e. The van der Waals surface area contributed by atoms with Gasteiger partial charge in [-0.2, -0.15) is 0 Å². The summed E-state index contributed by atoms with van der Waals surface area (Å²) in [7, 11) is 0. The third kappa shape index (κ3) is 5.29. The molecule has 3 aromatic rings. The first-order valence-electron chi connectivity index (χ1n) is 11.0. The topological polar surface area (TPSA) is 78.5 Å². The molecule has 6 nitrogen and oxygen atoms in total. The van der Waals surface area contributed by atoms with Crippen molar-refractivity contribution in [1.29, 1.82) is 0 Å². The number of amides is 3. The summed E-state index contributed by atoms with van der Waals surface area (Å²) in [5, 5.41) is 5.78. The van der Waals surface area contributed by atoms with Gasteiger partial charge in [-0.25, -0.2) is 0 Å². The fourth-order valence-electron chi connectivity index (χ4n) is 4.05. The number of nitrogens with one attached hydrogen (secondary N) is 2. The van der Waals surface area contributed by atoms with Crippen LogP contribution in [0.1, 0.15) is 33.5 Å². The Morgan fingerprint density at radius 3 is 2.42 bits per heavy atom. The molecular formula is C27H27N3O3. The van der Waals surface area contributed by atoms with E-state index >= 15 is 0 Å². The average Bonchev–Trinajstić information content (AvgIpc) is 3.20. The molecule has 168 valence electrons. The first kappa shape index (κ1) is 22.3. The average molecular weight is 442 g/mol. The minimum Gasteiger partial charge on any atom is -0.348 e. The molecule has 1 aliphatic rings. The van der Waals surface area contributed by atoms with Crippen molar-refractivity contribution in [2.45, 2.75) is 26.8 Å². The molecule has 1 saturated heterocycles. The van der Waals surface area contributed by atoms with E-state index in [1.807, 2.05) is 62.4 Å². The van der Waals surface area contributed by atoms with Gasteiger partial charge in [-0.3, -0.25) is 14.4 Å². The van der Waals surface area contributed by atoms with Crippen LogP contribution in [-0.4, -0.2) is 24.3 Å². The van der Waals surface area contributed by atoms with E-state index in [0.717, 1.165) is 22.4 Å². The van der Waals surface area contributed by atoms with Crippen LogP contribution < -0.4 is 15.5 Å². The Morgan fingerprint density at radius 1 is 0.939 bits per heavy atom. The summed E-state index contributed by atoms with van der Waals surface area (Å²) in [6.45, 7) is 4.68. The molecule has 2 N–H and O–H groups in total. The molecule has 0 spiro atoms. The van der Waals surface area contributed by atoms with E-state index in [4.69, 9.17) is 0 Å². The van der Waals surface area contributed by atoms with Crippen LogP contribution in [0.2, 0.25) is 0 Å². The highest BCUT2D eigenvalue weighted by Crippen LogP contribution is 2.27. The van der Waals surface area contributed by atoms with Gasteiger partial charge in [0.05, 0.1) is 17.2 Å². The summed E-state index contributed by atoms with van der Waals surface area (Å²) in [5.74, 6) is -1.10. The van der Waals surface area contributed by atoms with Gasteiger partial charge in [-0.05, 0) is 49.2 Å². The molecule has 4 rings (SSSR count). The summed E-state index contributed by atoms with van der Waals surface area (Å²) in [4.78, 5) is 40.0. The van der Waals surface area contributed by atoms with Gasteiger partial charge in [0.1, 0.15) is 0 Å². The molecule has 0 aliphatic carbocycles. The number of hydrogen-bond acceptors (Lipinski definition) is 3. The van der Waals surface area contributed by atoms with E-state index in [2.05, 4.69) is 10.6 Å². The van der Waals surface area contributed by atoms with Crippen LogP contribution in [0.3, 0.4) is 0 Å². The standard InChI is InChI=1S/C27H27N3O3/c1-18-7-5-9-20(13-18)16-28-27(33)23-11-3-4-12-24(23)29-26(32)21-15-25(31)30(17-21)22-10-6-8-19(2)14-22/h3-14,21H,15-17H2,1-2H3,(H,28,33)(H,29,32)/t21-/m1/s1. The third-order valence-corrected chi connectivity index (χ3v) is 5.77. The lowest BCUT2D eigenvalue weighted by atomic mass is 10.1. The van der Waals surface area contributed by atoms with E-state index in [1.54, 1.807) is 29.2 Å². The largest absolute Gasteiger partial charge is 0.348 e. The second-order valence-electron chi connectivity index (χ2n) is 8.45. The number of para-hydroxylation sites is 1. The van der Waals surface area contributed by atoms with Crippen LogP contribution in [0.4, 0.5) is 11.4 Å². The maximum absolute atomic E-state index is 13.0. The normalized spacial score (nSPS) is 15.4. The van der Waals surface area contributed by atoms with Crippen molar-refractivity contribution in [2.24, 2.45) is 5.92 Å². The van der Waals surface area contributed by atoms with Crippen LogP contribution in [0.15, 0.2) is 72.8 Å². The lowest BCUT2D eigenvalue weighted by molar-refractivity contribution is -0.122. The molecule has 0 saturated carbocycles. The zero-order valence-electron chi connectivity index (χ0n) is 18.8. The van der Waals surface area contributed by atoms with Crippen molar-refractivity contribution >= 4 is 29.1 Å². The number of aryl methyl sites for hydroxylation is 2. The molecule has 1 heterocycles. The number of nitrogens with zero attached hydrogens (tertiary/aromatic N) is 1. The summed E-state index contributed by atoms with van der Waals surface area (Å²) in [6.07, 6.45) is 0.140. The maximum atomic E-state index is 13.0. The molecule has 33 heavy (non-hydrogen) atoms. The summed E-state index contributed by atoms with van der Waals surface area (Å²) >= 11 is 0. The number of anilines is 2. The quantitative estimate of drug-likeness (QED) is 0.601. The minimum absolute atomic E-state index is 0.0788. The van der Waals surface area contributed by atoms with Crippen LogP contribution >= 0.6 is 0 Å². The second kappa shape index (κ2) is 9.69. The molecule has 0 aromatic heterocycles. The Balaban J connectivity index is 1.42. The summed E-state index contributed by atoms with van der Waals surface area (Å²) in [6, 6.07) is 22.5. The van der Waals surface area contributed by atoms with Gasteiger partial charge in [0.25, 0.3) is 5.91 Å². The van der Waals surface area contributed by atoms with Gasteiger partial charge < -0.3 is 15.5 Å². The van der Waals surface area contributed by atoms with E-state index in [9.17, 15) is 14.4 Å². The predicted molar refractivity (Wildman–Crippen MR) is 129 cm³/mol. The highest BCUT2D eigenvalue weighted by molar-refractivity contribution is 6.07. The lowest BCUT2D eigenvalue weighted by Gasteiger charge is -2.17. The number of benzene rings is 3. The molecule has 1 fully saturated rings. The van der Waals surface area contributed by atoms with Crippen molar-refractivity contribution in [3.8, 4) is 0 Å². The van der Waals surface area contributed by atoms with Gasteiger partial charge in [-0.1, -0.05) is 54.1 Å². The fourth-order valence-corrected chi connectivity index (χ4v) is 4.05. The van der Waals surface area contributed by atoms with E-state index in [-0.39, 0.29) is 24.1 Å². The highest BCUT2D eigenvalue weighted by atomic mass is 16.2. The van der Waals surface area contributed by atoms with Gasteiger partial charge in [0.15, 0.2) is 0 Å². The lowest BCUT2D eigenvalue weighted by Crippen LogP contribution is -2.29. The SMILES string of the molecule is Cc1cccc(CNC(=O)c2ccccc2NC(=O)[C@@H]2CC(=O)N(c3cccc(C)c3)C2)c1. The van der Waals surface area contributed by atoms with Crippen molar-refractivity contribution in [3.05, 3.63) is 95.1 Å². The van der Waals surface area contributed by atoms with Crippen LogP contribution in [0.25, 0.3) is 0 Å². The maximum Gasteiger partial charge on any atom is 0.253 e. The van der Waals surface area contributed by atoms with Gasteiger partial charge in [0.2, 0.25) is 11.8 Å². The van der Waals surface area contributed by atoms with Crippen molar-refractivity contribution in [3.63, 3.8) is 0 Å².